The Morgan fingerprint density at radius 2 is 2.00 bits per heavy atom. The summed E-state index contributed by atoms with van der Waals surface area (Å²) in [6.07, 6.45) is 0. The van der Waals surface area contributed by atoms with Crippen molar-refractivity contribution >= 4 is 5.97 Å². The predicted molar refractivity (Wildman–Crippen MR) is 67.2 cm³/mol. The summed E-state index contributed by atoms with van der Waals surface area (Å²) in [7, 11) is 0. The lowest BCUT2D eigenvalue weighted by Crippen LogP contribution is -1.96. The van der Waals surface area contributed by atoms with Crippen molar-refractivity contribution in [3.63, 3.8) is 0 Å². The van der Waals surface area contributed by atoms with E-state index in [9.17, 15) is 4.79 Å². The first-order chi connectivity index (χ1) is 9.08. The fourth-order valence-corrected chi connectivity index (χ4v) is 1.54. The minimum Gasteiger partial charge on any atom is -0.478 e. The lowest BCUT2D eigenvalue weighted by Gasteiger charge is -2.06. The SMILES string of the molecule is Cc1cc(C#N)cc(Oc2ccc(C(=O)O)cc2)n1. The second kappa shape index (κ2) is 5.19. The Bertz CT molecular complexity index is 657. The molecule has 0 radical (unpaired) electrons. The molecule has 5 nitrogen and oxygen atoms in total. The first-order valence-corrected chi connectivity index (χ1v) is 5.48. The van der Waals surface area contributed by atoms with Crippen molar-refractivity contribution in [2.45, 2.75) is 6.92 Å². The molecule has 0 bridgehead atoms. The van der Waals surface area contributed by atoms with Crippen molar-refractivity contribution < 1.29 is 14.6 Å². The molecule has 1 aromatic heterocycles. The monoisotopic (exact) mass is 254 g/mol. The van der Waals surface area contributed by atoms with Gasteiger partial charge < -0.3 is 9.84 Å². The minimum atomic E-state index is -0.994. The molecule has 1 aromatic carbocycles. The molecule has 19 heavy (non-hydrogen) atoms. The summed E-state index contributed by atoms with van der Waals surface area (Å²) in [5, 5.41) is 17.6. The number of carboxylic acids is 1. The molecule has 2 aromatic rings. The van der Waals surface area contributed by atoms with Crippen LogP contribution >= 0.6 is 0 Å². The molecule has 0 aliphatic heterocycles. The molecule has 0 aliphatic carbocycles. The molecule has 0 unspecified atom stereocenters. The highest BCUT2D eigenvalue weighted by Crippen LogP contribution is 2.21. The lowest BCUT2D eigenvalue weighted by molar-refractivity contribution is 0.0697. The molecule has 0 aliphatic rings. The van der Waals surface area contributed by atoms with E-state index in [0.717, 1.165) is 0 Å². The molecule has 0 atom stereocenters. The molecule has 2 rings (SSSR count). The Hall–Kier alpha value is -2.87. The predicted octanol–water partition coefficient (Wildman–Crippen LogP) is 2.75. The van der Waals surface area contributed by atoms with Crippen LogP contribution in [0.4, 0.5) is 0 Å². The number of aryl methyl sites for hydroxylation is 1. The highest BCUT2D eigenvalue weighted by atomic mass is 16.5. The first kappa shape index (κ1) is 12.6. The molecular formula is C14H10N2O3. The van der Waals surface area contributed by atoms with E-state index in [-0.39, 0.29) is 5.56 Å². The van der Waals surface area contributed by atoms with E-state index >= 15 is 0 Å². The number of carboxylic acid groups (broad SMARTS) is 1. The number of pyridine rings is 1. The van der Waals surface area contributed by atoms with Crippen LogP contribution in [-0.2, 0) is 0 Å². The van der Waals surface area contributed by atoms with Crippen LogP contribution in [0.15, 0.2) is 36.4 Å². The number of nitrogens with zero attached hydrogens (tertiary/aromatic N) is 2. The third-order valence-corrected chi connectivity index (χ3v) is 2.38. The molecule has 5 heteroatoms. The highest BCUT2D eigenvalue weighted by Gasteiger charge is 2.05. The number of benzene rings is 1. The van der Waals surface area contributed by atoms with Crippen LogP contribution in [-0.4, -0.2) is 16.1 Å². The molecule has 0 saturated heterocycles. The van der Waals surface area contributed by atoms with Crippen molar-refractivity contribution in [3.05, 3.63) is 53.2 Å². The van der Waals surface area contributed by atoms with Gasteiger partial charge in [0.2, 0.25) is 5.88 Å². The number of hydrogen-bond acceptors (Lipinski definition) is 4. The van der Waals surface area contributed by atoms with Crippen molar-refractivity contribution in [3.8, 4) is 17.7 Å². The quantitative estimate of drug-likeness (QED) is 0.910. The Kier molecular flexibility index (Phi) is 3.44. The van der Waals surface area contributed by atoms with Crippen LogP contribution < -0.4 is 4.74 Å². The van der Waals surface area contributed by atoms with Crippen LogP contribution in [0, 0.1) is 18.3 Å². The number of carbonyl (C=O) groups is 1. The topological polar surface area (TPSA) is 83.2 Å². The standard InChI is InChI=1S/C14H10N2O3/c1-9-6-10(8-15)7-13(16-9)19-12-4-2-11(3-5-12)14(17)18/h2-7H,1H3,(H,17,18). The summed E-state index contributed by atoms with van der Waals surface area (Å²) in [5.74, 6) is -0.224. The van der Waals surface area contributed by atoms with Crippen LogP contribution in [0.3, 0.4) is 0 Å². The van der Waals surface area contributed by atoms with E-state index in [1.165, 1.54) is 18.2 Å². The lowest BCUT2D eigenvalue weighted by atomic mass is 10.2. The maximum atomic E-state index is 10.7. The fraction of sp³-hybridized carbons (Fsp3) is 0.0714. The summed E-state index contributed by atoms with van der Waals surface area (Å²) in [4.78, 5) is 14.9. The van der Waals surface area contributed by atoms with Crippen molar-refractivity contribution in [2.24, 2.45) is 0 Å². The van der Waals surface area contributed by atoms with E-state index in [1.54, 1.807) is 25.1 Å². The second-order valence-corrected chi connectivity index (χ2v) is 3.88. The van der Waals surface area contributed by atoms with Gasteiger partial charge in [0.15, 0.2) is 0 Å². The summed E-state index contributed by atoms with van der Waals surface area (Å²) >= 11 is 0. The van der Waals surface area contributed by atoms with Gasteiger partial charge in [-0.3, -0.25) is 0 Å². The Balaban J connectivity index is 2.24. The number of aromatic nitrogens is 1. The Morgan fingerprint density at radius 1 is 1.32 bits per heavy atom. The Labute approximate surface area is 109 Å². The van der Waals surface area contributed by atoms with E-state index < -0.39 is 5.97 Å². The molecule has 0 saturated carbocycles. The normalized spacial score (nSPS) is 9.68. The van der Waals surface area contributed by atoms with E-state index in [4.69, 9.17) is 15.1 Å². The number of rotatable bonds is 3. The Morgan fingerprint density at radius 3 is 2.58 bits per heavy atom. The number of ether oxygens (including phenoxy) is 1. The molecular weight excluding hydrogens is 244 g/mol. The van der Waals surface area contributed by atoms with Crippen molar-refractivity contribution in [1.29, 1.82) is 5.26 Å². The van der Waals surface area contributed by atoms with Crippen LogP contribution in [0.5, 0.6) is 11.6 Å². The third kappa shape index (κ3) is 3.07. The zero-order valence-electron chi connectivity index (χ0n) is 10.1. The number of aromatic carboxylic acids is 1. The van der Waals surface area contributed by atoms with E-state index in [0.29, 0.717) is 22.9 Å². The summed E-state index contributed by atoms with van der Waals surface area (Å²) in [6.45, 7) is 1.77. The molecule has 0 amide bonds. The van der Waals surface area contributed by atoms with Gasteiger partial charge in [-0.15, -0.1) is 0 Å². The van der Waals surface area contributed by atoms with Crippen molar-refractivity contribution in [2.75, 3.05) is 0 Å². The van der Waals surface area contributed by atoms with E-state index in [1.807, 2.05) is 6.07 Å². The van der Waals surface area contributed by atoms with Gasteiger partial charge in [0.1, 0.15) is 5.75 Å². The highest BCUT2D eigenvalue weighted by molar-refractivity contribution is 5.87. The van der Waals surface area contributed by atoms with Gasteiger partial charge in [-0.05, 0) is 37.3 Å². The maximum absolute atomic E-state index is 10.7. The number of hydrogen-bond donors (Lipinski definition) is 1. The second-order valence-electron chi connectivity index (χ2n) is 3.88. The largest absolute Gasteiger partial charge is 0.478 e. The molecule has 1 heterocycles. The van der Waals surface area contributed by atoms with Crippen molar-refractivity contribution in [1.82, 2.24) is 4.98 Å². The molecule has 0 fully saturated rings. The molecule has 0 spiro atoms. The van der Waals surface area contributed by atoms with Crippen LogP contribution in [0.2, 0.25) is 0 Å². The smallest absolute Gasteiger partial charge is 0.335 e. The maximum Gasteiger partial charge on any atom is 0.335 e. The zero-order valence-corrected chi connectivity index (χ0v) is 10.1. The van der Waals surface area contributed by atoms with Gasteiger partial charge in [0.25, 0.3) is 0 Å². The van der Waals surface area contributed by atoms with Crippen LogP contribution in [0.1, 0.15) is 21.6 Å². The van der Waals surface area contributed by atoms with Gasteiger partial charge in [0.05, 0.1) is 17.2 Å². The average Bonchev–Trinajstić information content (AvgIpc) is 2.38. The molecule has 94 valence electrons. The summed E-state index contributed by atoms with van der Waals surface area (Å²) < 4.78 is 5.48. The summed E-state index contributed by atoms with van der Waals surface area (Å²) in [6, 6.07) is 11.2. The van der Waals surface area contributed by atoms with E-state index in [2.05, 4.69) is 4.98 Å². The minimum absolute atomic E-state index is 0.183. The average molecular weight is 254 g/mol. The third-order valence-electron chi connectivity index (χ3n) is 2.38. The van der Waals surface area contributed by atoms with Gasteiger partial charge in [-0.2, -0.15) is 5.26 Å². The summed E-state index contributed by atoms with van der Waals surface area (Å²) in [5.41, 5.74) is 1.32. The van der Waals surface area contributed by atoms with Gasteiger partial charge >= 0.3 is 5.97 Å². The number of nitriles is 1. The van der Waals surface area contributed by atoms with Gasteiger partial charge in [0, 0.05) is 11.8 Å². The van der Waals surface area contributed by atoms with Crippen LogP contribution in [0.25, 0.3) is 0 Å². The van der Waals surface area contributed by atoms with Gasteiger partial charge in [-0.25, -0.2) is 9.78 Å². The molecule has 1 N–H and O–H groups in total. The first-order valence-electron chi connectivity index (χ1n) is 5.48. The zero-order chi connectivity index (χ0) is 13.8. The van der Waals surface area contributed by atoms with Gasteiger partial charge in [-0.1, -0.05) is 0 Å². The fourth-order valence-electron chi connectivity index (χ4n) is 1.54.